The molecule has 1 aromatic carbocycles. The Labute approximate surface area is 148 Å². The highest BCUT2D eigenvalue weighted by Gasteiger charge is 2.22. The largest absolute Gasteiger partial charge is 0.294 e. The van der Waals surface area contributed by atoms with Gasteiger partial charge in [-0.15, -0.1) is 0 Å². The zero-order valence-electron chi connectivity index (χ0n) is 13.8. The summed E-state index contributed by atoms with van der Waals surface area (Å²) in [4.78, 5) is 14.8. The monoisotopic (exact) mass is 356 g/mol. The van der Waals surface area contributed by atoms with Crippen LogP contribution >= 0.6 is 0 Å². The standard InChI is InChI=1S/C19H15F3N4/c20-15-1-2-16(21)18(22)14(15)11-26-8-5-17-13(10-26)9-24-19(25-17)12-3-6-23-7-4-12/h1-4,6-7,9H,5,8,10-11H2. The summed E-state index contributed by atoms with van der Waals surface area (Å²) in [6, 6.07) is 5.43. The topological polar surface area (TPSA) is 41.9 Å². The highest BCUT2D eigenvalue weighted by molar-refractivity contribution is 5.54. The van der Waals surface area contributed by atoms with Gasteiger partial charge in [0.1, 0.15) is 5.82 Å². The molecule has 0 radical (unpaired) electrons. The van der Waals surface area contributed by atoms with Crippen molar-refractivity contribution in [3.63, 3.8) is 0 Å². The van der Waals surface area contributed by atoms with Crippen LogP contribution in [0.5, 0.6) is 0 Å². The van der Waals surface area contributed by atoms with Gasteiger partial charge in [-0.3, -0.25) is 9.88 Å². The van der Waals surface area contributed by atoms with E-state index in [1.54, 1.807) is 18.6 Å². The molecule has 0 amide bonds. The minimum Gasteiger partial charge on any atom is -0.294 e. The van der Waals surface area contributed by atoms with Gasteiger partial charge in [0.2, 0.25) is 0 Å². The number of pyridine rings is 1. The molecule has 0 unspecified atom stereocenters. The highest BCUT2D eigenvalue weighted by Crippen LogP contribution is 2.24. The predicted molar refractivity (Wildman–Crippen MR) is 89.4 cm³/mol. The Bertz CT molecular complexity index is 947. The fraction of sp³-hybridized carbons (Fsp3) is 0.211. The summed E-state index contributed by atoms with van der Waals surface area (Å²) in [7, 11) is 0. The third kappa shape index (κ3) is 3.17. The fourth-order valence-electron chi connectivity index (χ4n) is 3.09. The van der Waals surface area contributed by atoms with E-state index in [0.717, 1.165) is 29.0 Å². The van der Waals surface area contributed by atoms with Gasteiger partial charge in [0.05, 0.1) is 5.69 Å². The summed E-state index contributed by atoms with van der Waals surface area (Å²) in [5.41, 5.74) is 2.46. The van der Waals surface area contributed by atoms with Gasteiger partial charge in [0.25, 0.3) is 0 Å². The second-order valence-corrected chi connectivity index (χ2v) is 6.18. The number of benzene rings is 1. The molecule has 0 fully saturated rings. The third-order valence-corrected chi connectivity index (χ3v) is 4.47. The van der Waals surface area contributed by atoms with Gasteiger partial charge in [-0.2, -0.15) is 0 Å². The molecular weight excluding hydrogens is 341 g/mol. The first kappa shape index (κ1) is 16.7. The molecule has 26 heavy (non-hydrogen) atoms. The molecule has 3 aromatic rings. The van der Waals surface area contributed by atoms with Gasteiger partial charge in [-0.25, -0.2) is 23.1 Å². The number of hydrogen-bond acceptors (Lipinski definition) is 4. The second-order valence-electron chi connectivity index (χ2n) is 6.18. The molecule has 1 aliphatic heterocycles. The van der Waals surface area contributed by atoms with E-state index in [9.17, 15) is 13.2 Å². The quantitative estimate of drug-likeness (QED) is 0.674. The molecule has 0 atom stereocenters. The summed E-state index contributed by atoms with van der Waals surface area (Å²) in [5, 5.41) is 0. The molecule has 1 aliphatic rings. The first-order valence-electron chi connectivity index (χ1n) is 8.22. The van der Waals surface area contributed by atoms with Crippen molar-refractivity contribution in [2.75, 3.05) is 6.54 Å². The van der Waals surface area contributed by atoms with E-state index in [4.69, 9.17) is 0 Å². The van der Waals surface area contributed by atoms with Crippen LogP contribution in [0.3, 0.4) is 0 Å². The van der Waals surface area contributed by atoms with Crippen molar-refractivity contribution in [1.29, 1.82) is 0 Å². The lowest BCUT2D eigenvalue weighted by atomic mass is 10.1. The Hall–Kier alpha value is -2.80. The number of halogens is 3. The van der Waals surface area contributed by atoms with Crippen LogP contribution in [0.25, 0.3) is 11.4 Å². The van der Waals surface area contributed by atoms with Gasteiger partial charge in [0, 0.05) is 61.3 Å². The first-order valence-corrected chi connectivity index (χ1v) is 8.22. The molecular formula is C19H15F3N4. The van der Waals surface area contributed by atoms with Gasteiger partial charge in [-0.05, 0) is 24.3 Å². The van der Waals surface area contributed by atoms with Crippen LogP contribution in [0.15, 0.2) is 42.9 Å². The van der Waals surface area contributed by atoms with Gasteiger partial charge in [-0.1, -0.05) is 0 Å². The molecule has 3 heterocycles. The first-order chi connectivity index (χ1) is 12.6. The molecule has 0 saturated heterocycles. The number of nitrogens with zero attached hydrogens (tertiary/aromatic N) is 4. The maximum absolute atomic E-state index is 13.9. The Morgan fingerprint density at radius 2 is 1.77 bits per heavy atom. The minimum atomic E-state index is -1.12. The van der Waals surface area contributed by atoms with Crippen molar-refractivity contribution in [3.05, 3.63) is 77.1 Å². The zero-order valence-corrected chi connectivity index (χ0v) is 13.8. The molecule has 7 heteroatoms. The molecule has 0 aliphatic carbocycles. The number of fused-ring (bicyclic) bond motifs is 1. The van der Waals surface area contributed by atoms with Gasteiger partial charge in [0.15, 0.2) is 17.5 Å². The summed E-state index contributed by atoms with van der Waals surface area (Å²) in [5.74, 6) is -2.27. The molecule has 0 bridgehead atoms. The number of hydrogen-bond donors (Lipinski definition) is 0. The SMILES string of the molecule is Fc1ccc(F)c(CN2CCc3nc(-c4ccncc4)ncc3C2)c1F. The lowest BCUT2D eigenvalue weighted by Crippen LogP contribution is -2.31. The van der Waals surface area contributed by atoms with E-state index in [1.165, 1.54) is 0 Å². The lowest BCUT2D eigenvalue weighted by Gasteiger charge is -2.28. The molecule has 0 saturated carbocycles. The maximum atomic E-state index is 13.9. The van der Waals surface area contributed by atoms with Crippen molar-refractivity contribution < 1.29 is 13.2 Å². The number of aromatic nitrogens is 3. The van der Waals surface area contributed by atoms with Crippen LogP contribution < -0.4 is 0 Å². The lowest BCUT2D eigenvalue weighted by molar-refractivity contribution is 0.234. The maximum Gasteiger partial charge on any atom is 0.166 e. The molecule has 0 spiro atoms. The molecule has 132 valence electrons. The summed E-state index contributed by atoms with van der Waals surface area (Å²) in [6.45, 7) is 1.04. The summed E-state index contributed by atoms with van der Waals surface area (Å²) >= 11 is 0. The van der Waals surface area contributed by atoms with E-state index in [1.807, 2.05) is 17.0 Å². The van der Waals surface area contributed by atoms with Crippen molar-refractivity contribution >= 4 is 0 Å². The molecule has 2 aromatic heterocycles. The van der Waals surface area contributed by atoms with Crippen molar-refractivity contribution in [1.82, 2.24) is 19.9 Å². The van der Waals surface area contributed by atoms with Gasteiger partial charge >= 0.3 is 0 Å². The Morgan fingerprint density at radius 1 is 1.00 bits per heavy atom. The summed E-state index contributed by atoms with van der Waals surface area (Å²) < 4.78 is 41.1. The van der Waals surface area contributed by atoms with Crippen LogP contribution in [-0.4, -0.2) is 26.4 Å². The second kappa shape index (κ2) is 6.84. The van der Waals surface area contributed by atoms with E-state index in [-0.39, 0.29) is 12.1 Å². The van der Waals surface area contributed by atoms with E-state index in [2.05, 4.69) is 15.0 Å². The molecule has 0 N–H and O–H groups in total. The van der Waals surface area contributed by atoms with E-state index in [0.29, 0.717) is 25.3 Å². The van der Waals surface area contributed by atoms with Crippen LogP contribution in [0.1, 0.15) is 16.8 Å². The van der Waals surface area contributed by atoms with Crippen LogP contribution in [0, 0.1) is 17.5 Å². The van der Waals surface area contributed by atoms with Crippen molar-refractivity contribution in [2.24, 2.45) is 0 Å². The Kier molecular flexibility index (Phi) is 4.38. The van der Waals surface area contributed by atoms with Crippen molar-refractivity contribution in [3.8, 4) is 11.4 Å². The van der Waals surface area contributed by atoms with Crippen LogP contribution in [0.2, 0.25) is 0 Å². The molecule has 4 rings (SSSR count). The minimum absolute atomic E-state index is 0.000965. The molecule has 4 nitrogen and oxygen atoms in total. The summed E-state index contributed by atoms with van der Waals surface area (Å²) in [6.07, 6.45) is 5.74. The average Bonchev–Trinajstić information content (AvgIpc) is 2.68. The van der Waals surface area contributed by atoms with Crippen molar-refractivity contribution in [2.45, 2.75) is 19.5 Å². The Morgan fingerprint density at radius 3 is 2.58 bits per heavy atom. The number of rotatable bonds is 3. The predicted octanol–water partition coefficient (Wildman–Crippen LogP) is 3.51. The van der Waals surface area contributed by atoms with Crippen LogP contribution in [0.4, 0.5) is 13.2 Å². The zero-order chi connectivity index (χ0) is 18.1. The van der Waals surface area contributed by atoms with Gasteiger partial charge < -0.3 is 0 Å². The highest BCUT2D eigenvalue weighted by atomic mass is 19.2. The van der Waals surface area contributed by atoms with E-state index < -0.39 is 17.5 Å². The van der Waals surface area contributed by atoms with E-state index >= 15 is 0 Å². The Balaban J connectivity index is 1.55. The van der Waals surface area contributed by atoms with Crippen LogP contribution in [-0.2, 0) is 19.5 Å². The normalized spacial score (nSPS) is 14.3. The third-order valence-electron chi connectivity index (χ3n) is 4.47. The smallest absolute Gasteiger partial charge is 0.166 e. The average molecular weight is 356 g/mol. The fourth-order valence-corrected chi connectivity index (χ4v) is 3.09.